The molecule has 6 nitrogen and oxygen atoms in total. The van der Waals surface area contributed by atoms with Crippen molar-refractivity contribution in [3.8, 4) is 5.75 Å². The molecule has 156 valence electrons. The van der Waals surface area contributed by atoms with Crippen LogP contribution in [-0.4, -0.2) is 35.9 Å². The summed E-state index contributed by atoms with van der Waals surface area (Å²) in [5, 5.41) is 14.7. The Kier molecular flexibility index (Phi) is 6.01. The monoisotopic (exact) mass is 399 g/mol. The van der Waals surface area contributed by atoms with Crippen molar-refractivity contribution in [1.29, 1.82) is 0 Å². The zero-order valence-corrected chi connectivity index (χ0v) is 17.4. The Hall–Kier alpha value is -2.76. The average molecular weight is 399 g/mol. The van der Waals surface area contributed by atoms with Crippen molar-refractivity contribution in [3.63, 3.8) is 0 Å². The molecule has 1 saturated carbocycles. The number of carbonyl (C=O) groups is 2. The first-order chi connectivity index (χ1) is 13.7. The summed E-state index contributed by atoms with van der Waals surface area (Å²) < 4.78 is 10.5. The van der Waals surface area contributed by atoms with E-state index in [1.807, 2.05) is 30.3 Å². The van der Waals surface area contributed by atoms with Crippen LogP contribution in [0, 0.1) is 11.8 Å². The molecule has 0 bridgehead atoms. The van der Waals surface area contributed by atoms with E-state index in [4.69, 9.17) is 9.47 Å². The highest BCUT2D eigenvalue weighted by Gasteiger charge is 2.43. The summed E-state index contributed by atoms with van der Waals surface area (Å²) in [5.74, 6) is -0.379. The lowest BCUT2D eigenvalue weighted by Gasteiger charge is -2.28. The maximum atomic E-state index is 12.6. The number of rotatable bonds is 6. The van der Waals surface area contributed by atoms with Crippen LogP contribution in [-0.2, 0) is 20.7 Å². The number of phenolic OH excluding ortho intramolecular Hbond substituents is 1. The molecule has 0 saturated heterocycles. The molecule has 0 aromatic heterocycles. The Morgan fingerprint density at radius 3 is 2.38 bits per heavy atom. The van der Waals surface area contributed by atoms with Crippen LogP contribution in [0.4, 0.5) is 4.79 Å². The predicted octanol–water partition coefficient (Wildman–Crippen LogP) is 4.18. The standard InChI is InChI=1S/C23H29NO5/c1-23(2,3)29-22(27)24-18(20(14-9-10-14)21(26)28-4)13-15-11-12-19(25)17-8-6-5-7-16(15)17/h5-8,11-12,14,18,20,25H,9-10,13H2,1-4H3,(H,24,27)/t18-,20?/m1/s1. The molecule has 0 aliphatic heterocycles. The van der Waals surface area contributed by atoms with Crippen LogP contribution >= 0.6 is 0 Å². The number of hydrogen-bond acceptors (Lipinski definition) is 5. The van der Waals surface area contributed by atoms with Crippen molar-refractivity contribution in [2.24, 2.45) is 11.8 Å². The number of hydrogen-bond donors (Lipinski definition) is 2. The van der Waals surface area contributed by atoms with Crippen LogP contribution in [0.1, 0.15) is 39.2 Å². The number of benzene rings is 2. The van der Waals surface area contributed by atoms with Crippen molar-refractivity contribution in [1.82, 2.24) is 5.32 Å². The van der Waals surface area contributed by atoms with Crippen molar-refractivity contribution in [3.05, 3.63) is 42.0 Å². The number of alkyl carbamates (subject to hydrolysis) is 1. The third kappa shape index (κ3) is 5.19. The Balaban J connectivity index is 1.94. The van der Waals surface area contributed by atoms with Crippen molar-refractivity contribution in [2.75, 3.05) is 7.11 Å². The summed E-state index contributed by atoms with van der Waals surface area (Å²) in [4.78, 5) is 25.1. The molecule has 0 spiro atoms. The number of aromatic hydroxyl groups is 1. The fourth-order valence-corrected chi connectivity index (χ4v) is 3.76. The van der Waals surface area contributed by atoms with Crippen LogP contribution in [0.25, 0.3) is 10.8 Å². The van der Waals surface area contributed by atoms with Crippen molar-refractivity contribution in [2.45, 2.75) is 51.7 Å². The van der Waals surface area contributed by atoms with E-state index in [1.54, 1.807) is 26.8 Å². The molecule has 0 heterocycles. The topological polar surface area (TPSA) is 84.9 Å². The van der Waals surface area contributed by atoms with Crippen LogP contribution in [0.5, 0.6) is 5.75 Å². The Morgan fingerprint density at radius 2 is 1.79 bits per heavy atom. The highest BCUT2D eigenvalue weighted by atomic mass is 16.6. The molecular formula is C23H29NO5. The molecular weight excluding hydrogens is 370 g/mol. The van der Waals surface area contributed by atoms with Crippen molar-refractivity contribution >= 4 is 22.8 Å². The summed E-state index contributed by atoms with van der Waals surface area (Å²) in [6.07, 6.45) is 1.74. The van der Waals surface area contributed by atoms with Gasteiger partial charge < -0.3 is 19.9 Å². The SMILES string of the molecule is COC(=O)C(C1CC1)[C@@H](Cc1ccc(O)c2ccccc12)NC(=O)OC(C)(C)C. The lowest BCUT2D eigenvalue weighted by Crippen LogP contribution is -2.47. The molecule has 2 aromatic rings. The Bertz CT molecular complexity index is 898. The van der Waals surface area contributed by atoms with E-state index in [1.165, 1.54) is 7.11 Å². The number of nitrogens with one attached hydrogen (secondary N) is 1. The van der Waals surface area contributed by atoms with Gasteiger partial charge in [-0.2, -0.15) is 0 Å². The summed E-state index contributed by atoms with van der Waals surface area (Å²) in [6.45, 7) is 5.40. The normalized spacial score (nSPS) is 16.1. The number of carbonyl (C=O) groups excluding carboxylic acids is 2. The highest BCUT2D eigenvalue weighted by Crippen LogP contribution is 2.40. The quantitative estimate of drug-likeness (QED) is 0.712. The van der Waals surface area contributed by atoms with E-state index < -0.39 is 23.7 Å². The second-order valence-electron chi connectivity index (χ2n) is 8.63. The lowest BCUT2D eigenvalue weighted by atomic mass is 9.88. The fourth-order valence-electron chi connectivity index (χ4n) is 3.76. The molecule has 29 heavy (non-hydrogen) atoms. The van der Waals surface area contributed by atoms with Gasteiger partial charge in [-0.25, -0.2) is 4.79 Å². The van der Waals surface area contributed by atoms with Crippen molar-refractivity contribution < 1.29 is 24.2 Å². The van der Waals surface area contributed by atoms with E-state index in [-0.39, 0.29) is 17.6 Å². The van der Waals surface area contributed by atoms with Crippen LogP contribution < -0.4 is 5.32 Å². The van der Waals surface area contributed by atoms with Crippen LogP contribution in [0.15, 0.2) is 36.4 Å². The molecule has 0 radical (unpaired) electrons. The van der Waals surface area contributed by atoms with E-state index in [9.17, 15) is 14.7 Å². The van der Waals surface area contributed by atoms with Gasteiger partial charge in [-0.1, -0.05) is 30.3 Å². The molecule has 1 aliphatic rings. The van der Waals surface area contributed by atoms with E-state index >= 15 is 0 Å². The molecule has 6 heteroatoms. The van der Waals surface area contributed by atoms with E-state index in [0.717, 1.165) is 29.2 Å². The molecule has 1 fully saturated rings. The molecule has 3 rings (SSSR count). The predicted molar refractivity (Wildman–Crippen MR) is 111 cm³/mol. The largest absolute Gasteiger partial charge is 0.507 e. The molecule has 2 aromatic carbocycles. The van der Waals surface area contributed by atoms with Gasteiger partial charge in [0.15, 0.2) is 0 Å². The van der Waals surface area contributed by atoms with Gasteiger partial charge in [0.2, 0.25) is 0 Å². The van der Waals surface area contributed by atoms with E-state index in [2.05, 4.69) is 5.32 Å². The minimum atomic E-state index is -0.639. The zero-order valence-electron chi connectivity index (χ0n) is 17.4. The molecule has 1 aliphatic carbocycles. The van der Waals surface area contributed by atoms with Gasteiger partial charge in [0, 0.05) is 11.4 Å². The minimum Gasteiger partial charge on any atom is -0.507 e. The second kappa shape index (κ2) is 8.31. The van der Waals surface area contributed by atoms with Crippen LogP contribution in [0.2, 0.25) is 0 Å². The second-order valence-corrected chi connectivity index (χ2v) is 8.63. The smallest absolute Gasteiger partial charge is 0.407 e. The molecule has 2 atom stereocenters. The summed E-state index contributed by atoms with van der Waals surface area (Å²) in [6, 6.07) is 10.6. The minimum absolute atomic E-state index is 0.186. The van der Waals surface area contributed by atoms with Gasteiger partial charge >= 0.3 is 12.1 Å². The van der Waals surface area contributed by atoms with Gasteiger partial charge in [0.1, 0.15) is 11.4 Å². The van der Waals surface area contributed by atoms with Gasteiger partial charge in [0.25, 0.3) is 0 Å². The van der Waals surface area contributed by atoms with E-state index in [0.29, 0.717) is 6.42 Å². The zero-order chi connectivity index (χ0) is 21.2. The Morgan fingerprint density at radius 1 is 1.14 bits per heavy atom. The first-order valence-electron chi connectivity index (χ1n) is 9.96. The van der Waals surface area contributed by atoms with Crippen LogP contribution in [0.3, 0.4) is 0 Å². The number of methoxy groups -OCH3 is 1. The molecule has 1 unspecified atom stereocenters. The summed E-state index contributed by atoms with van der Waals surface area (Å²) >= 11 is 0. The Labute approximate surface area is 171 Å². The van der Waals surface area contributed by atoms with Gasteiger partial charge in [-0.3, -0.25) is 4.79 Å². The first-order valence-corrected chi connectivity index (χ1v) is 9.96. The summed E-state index contributed by atoms with van der Waals surface area (Å²) in [7, 11) is 1.37. The molecule has 1 amide bonds. The third-order valence-corrected chi connectivity index (χ3v) is 5.17. The summed E-state index contributed by atoms with van der Waals surface area (Å²) in [5.41, 5.74) is 0.300. The maximum Gasteiger partial charge on any atom is 0.407 e. The van der Waals surface area contributed by atoms with Gasteiger partial charge in [-0.05, 0) is 63.0 Å². The number of fused-ring (bicyclic) bond motifs is 1. The number of phenols is 1. The first kappa shape index (κ1) is 21.0. The lowest BCUT2D eigenvalue weighted by molar-refractivity contribution is -0.147. The fraction of sp³-hybridized carbons (Fsp3) is 0.478. The maximum absolute atomic E-state index is 12.6. The average Bonchev–Trinajstić information content (AvgIpc) is 3.47. The third-order valence-electron chi connectivity index (χ3n) is 5.17. The number of esters is 1. The number of amides is 1. The number of ether oxygens (including phenoxy) is 2. The molecule has 2 N–H and O–H groups in total. The van der Waals surface area contributed by atoms with Gasteiger partial charge in [0.05, 0.1) is 13.0 Å². The van der Waals surface area contributed by atoms with Gasteiger partial charge in [-0.15, -0.1) is 0 Å². The highest BCUT2D eigenvalue weighted by molar-refractivity contribution is 5.91.